The maximum atomic E-state index is 10.6. The lowest BCUT2D eigenvalue weighted by Gasteiger charge is -2.23. The normalized spacial score (nSPS) is 15.8. The number of hydrogen-bond donors (Lipinski definition) is 3. The molecule has 3 N–H and O–H groups in total. The molecule has 0 aromatic heterocycles. The maximum absolute atomic E-state index is 10.6. The van der Waals surface area contributed by atoms with Gasteiger partial charge in [0.05, 0.1) is 12.2 Å². The van der Waals surface area contributed by atoms with Crippen LogP contribution in [0.25, 0.3) is 6.08 Å². The summed E-state index contributed by atoms with van der Waals surface area (Å²) in [5.74, 6) is -1.15. The first kappa shape index (κ1) is 17.4. The first-order valence-electron chi connectivity index (χ1n) is 7.30. The van der Waals surface area contributed by atoms with Crippen LogP contribution in [0.15, 0.2) is 30.3 Å². The van der Waals surface area contributed by atoms with E-state index < -0.39 is 18.2 Å². The molecule has 116 valence electrons. The van der Waals surface area contributed by atoms with E-state index in [9.17, 15) is 15.0 Å². The predicted molar refractivity (Wildman–Crippen MR) is 82.9 cm³/mol. The molecule has 0 saturated heterocycles. The molecule has 0 fully saturated rings. The summed E-state index contributed by atoms with van der Waals surface area (Å²) in [5.41, 5.74) is 1.84. The summed E-state index contributed by atoms with van der Waals surface area (Å²) >= 11 is 0. The van der Waals surface area contributed by atoms with Crippen molar-refractivity contribution in [1.82, 2.24) is 0 Å². The molecule has 4 nitrogen and oxygen atoms in total. The monoisotopic (exact) mass is 292 g/mol. The second kappa shape index (κ2) is 8.60. The Hall–Kier alpha value is -1.65. The highest BCUT2D eigenvalue weighted by molar-refractivity contribution is 5.85. The van der Waals surface area contributed by atoms with Gasteiger partial charge in [0, 0.05) is 12.0 Å². The van der Waals surface area contributed by atoms with Gasteiger partial charge in [-0.15, -0.1) is 0 Å². The van der Waals surface area contributed by atoms with E-state index in [1.165, 1.54) is 0 Å². The average molecular weight is 292 g/mol. The highest BCUT2D eigenvalue weighted by atomic mass is 16.4. The number of aryl methyl sites for hydroxylation is 1. The van der Waals surface area contributed by atoms with Crippen LogP contribution >= 0.6 is 0 Å². The van der Waals surface area contributed by atoms with Crippen LogP contribution < -0.4 is 0 Å². The first-order valence-corrected chi connectivity index (χ1v) is 7.30. The molecule has 0 aliphatic rings. The third kappa shape index (κ3) is 5.69. The Kier molecular flexibility index (Phi) is 7.12. The number of hydrogen-bond acceptors (Lipinski definition) is 3. The van der Waals surface area contributed by atoms with Crippen LogP contribution in [0, 0.1) is 5.92 Å². The largest absolute Gasteiger partial charge is 0.478 e. The van der Waals surface area contributed by atoms with E-state index in [2.05, 4.69) is 0 Å². The van der Waals surface area contributed by atoms with Gasteiger partial charge in [-0.25, -0.2) is 4.79 Å². The van der Waals surface area contributed by atoms with Crippen LogP contribution in [-0.2, 0) is 11.2 Å². The standard InChI is InChI=1S/C17H24O4/c1-3-15(18)12(2)16(19)10-8-13-6-4-5-7-14(13)9-11-17(20)21/h4-7,9,11-12,15-16,18-19H,3,8,10H2,1-2H3,(H,20,21)/b11-9+. The first-order chi connectivity index (χ1) is 9.95. The Morgan fingerprint density at radius 3 is 2.52 bits per heavy atom. The molecule has 0 heterocycles. The van der Waals surface area contributed by atoms with Crippen molar-refractivity contribution in [3.63, 3.8) is 0 Å². The zero-order valence-electron chi connectivity index (χ0n) is 12.6. The van der Waals surface area contributed by atoms with Crippen molar-refractivity contribution in [3.8, 4) is 0 Å². The van der Waals surface area contributed by atoms with Crippen molar-refractivity contribution in [2.45, 2.75) is 45.3 Å². The van der Waals surface area contributed by atoms with Gasteiger partial charge < -0.3 is 15.3 Å². The molecule has 0 radical (unpaired) electrons. The fourth-order valence-corrected chi connectivity index (χ4v) is 2.28. The Morgan fingerprint density at radius 2 is 1.90 bits per heavy atom. The fraction of sp³-hybridized carbons (Fsp3) is 0.471. The minimum atomic E-state index is -0.982. The molecular formula is C17H24O4. The van der Waals surface area contributed by atoms with E-state index in [0.717, 1.165) is 17.2 Å². The number of carboxylic acids is 1. The van der Waals surface area contributed by atoms with Gasteiger partial charge in [0.2, 0.25) is 0 Å². The van der Waals surface area contributed by atoms with Crippen molar-refractivity contribution in [3.05, 3.63) is 41.5 Å². The molecule has 0 spiro atoms. The Morgan fingerprint density at radius 1 is 1.24 bits per heavy atom. The fourth-order valence-electron chi connectivity index (χ4n) is 2.28. The van der Waals surface area contributed by atoms with Gasteiger partial charge in [-0.2, -0.15) is 0 Å². The summed E-state index contributed by atoms with van der Waals surface area (Å²) in [5, 5.41) is 28.6. The summed E-state index contributed by atoms with van der Waals surface area (Å²) in [4.78, 5) is 10.6. The molecule has 3 unspecified atom stereocenters. The van der Waals surface area contributed by atoms with Crippen molar-refractivity contribution < 1.29 is 20.1 Å². The third-order valence-corrected chi connectivity index (χ3v) is 3.80. The molecule has 3 atom stereocenters. The molecule has 4 heteroatoms. The van der Waals surface area contributed by atoms with E-state index >= 15 is 0 Å². The number of carbonyl (C=O) groups is 1. The number of carboxylic acid groups (broad SMARTS) is 1. The molecule has 0 saturated carbocycles. The zero-order chi connectivity index (χ0) is 15.8. The van der Waals surface area contributed by atoms with Crippen LogP contribution in [0.5, 0.6) is 0 Å². The lowest BCUT2D eigenvalue weighted by atomic mass is 9.91. The van der Waals surface area contributed by atoms with Crippen molar-refractivity contribution in [1.29, 1.82) is 0 Å². The molecule has 1 aromatic carbocycles. The van der Waals surface area contributed by atoms with Gasteiger partial charge in [-0.05, 0) is 36.5 Å². The topological polar surface area (TPSA) is 77.8 Å². The van der Waals surface area contributed by atoms with Gasteiger partial charge in [-0.1, -0.05) is 38.1 Å². The number of rotatable bonds is 8. The summed E-state index contributed by atoms with van der Waals surface area (Å²) in [6.07, 6.45) is 3.40. The van der Waals surface area contributed by atoms with Crippen LogP contribution in [0.4, 0.5) is 0 Å². The highest BCUT2D eigenvalue weighted by Crippen LogP contribution is 2.19. The van der Waals surface area contributed by atoms with E-state index in [4.69, 9.17) is 5.11 Å². The molecular weight excluding hydrogens is 268 g/mol. The van der Waals surface area contributed by atoms with Crippen LogP contribution in [-0.4, -0.2) is 33.5 Å². The third-order valence-electron chi connectivity index (χ3n) is 3.80. The SMILES string of the molecule is CCC(O)C(C)C(O)CCc1ccccc1/C=C/C(=O)O. The molecule has 0 aliphatic carbocycles. The Balaban J connectivity index is 2.69. The Labute approximate surface area is 125 Å². The van der Waals surface area contributed by atoms with E-state index in [1.807, 2.05) is 38.1 Å². The van der Waals surface area contributed by atoms with Gasteiger partial charge in [0.25, 0.3) is 0 Å². The van der Waals surface area contributed by atoms with Gasteiger partial charge in [0.1, 0.15) is 0 Å². The van der Waals surface area contributed by atoms with Gasteiger partial charge in [0.15, 0.2) is 0 Å². The molecule has 0 amide bonds. The zero-order valence-corrected chi connectivity index (χ0v) is 12.6. The smallest absolute Gasteiger partial charge is 0.328 e. The van der Waals surface area contributed by atoms with Crippen LogP contribution in [0.1, 0.15) is 37.8 Å². The van der Waals surface area contributed by atoms with Crippen LogP contribution in [0.2, 0.25) is 0 Å². The van der Waals surface area contributed by atoms with E-state index in [0.29, 0.717) is 19.3 Å². The minimum Gasteiger partial charge on any atom is -0.478 e. The molecule has 1 aromatic rings. The number of aliphatic hydroxyl groups is 2. The summed E-state index contributed by atoms with van der Waals surface area (Å²) < 4.78 is 0. The average Bonchev–Trinajstić information content (AvgIpc) is 2.49. The highest BCUT2D eigenvalue weighted by Gasteiger charge is 2.20. The number of aliphatic hydroxyl groups excluding tert-OH is 2. The van der Waals surface area contributed by atoms with E-state index in [-0.39, 0.29) is 5.92 Å². The molecule has 21 heavy (non-hydrogen) atoms. The van der Waals surface area contributed by atoms with Crippen molar-refractivity contribution in [2.24, 2.45) is 5.92 Å². The summed E-state index contributed by atoms with van der Waals surface area (Å²) in [7, 11) is 0. The minimum absolute atomic E-state index is 0.170. The van der Waals surface area contributed by atoms with Crippen molar-refractivity contribution in [2.75, 3.05) is 0 Å². The van der Waals surface area contributed by atoms with E-state index in [1.54, 1.807) is 6.08 Å². The summed E-state index contributed by atoms with van der Waals surface area (Å²) in [6.45, 7) is 3.73. The molecule has 0 bridgehead atoms. The maximum Gasteiger partial charge on any atom is 0.328 e. The van der Waals surface area contributed by atoms with Crippen LogP contribution in [0.3, 0.4) is 0 Å². The lowest BCUT2D eigenvalue weighted by molar-refractivity contribution is -0.131. The Bertz CT molecular complexity index is 481. The molecule has 0 aliphatic heterocycles. The quantitative estimate of drug-likeness (QED) is 0.643. The lowest BCUT2D eigenvalue weighted by Crippen LogP contribution is -2.29. The van der Waals surface area contributed by atoms with Gasteiger partial charge >= 0.3 is 5.97 Å². The molecule has 1 rings (SSSR count). The second-order valence-electron chi connectivity index (χ2n) is 5.31. The van der Waals surface area contributed by atoms with Gasteiger partial charge in [-0.3, -0.25) is 0 Å². The second-order valence-corrected chi connectivity index (χ2v) is 5.31. The number of benzene rings is 1. The van der Waals surface area contributed by atoms with Crippen molar-refractivity contribution >= 4 is 12.0 Å². The number of aliphatic carboxylic acids is 1. The predicted octanol–water partition coefficient (Wildman–Crippen LogP) is 2.48. The summed E-state index contributed by atoms with van der Waals surface area (Å²) in [6, 6.07) is 7.52.